The summed E-state index contributed by atoms with van der Waals surface area (Å²) in [5.41, 5.74) is 7.62. The minimum absolute atomic E-state index is 0.175. The second-order valence-corrected chi connectivity index (χ2v) is 8.43. The maximum atomic E-state index is 4.45. The van der Waals surface area contributed by atoms with Crippen LogP contribution in [-0.2, 0) is 20.0 Å². The molecular weight excluding hydrogens is 522 g/mol. The summed E-state index contributed by atoms with van der Waals surface area (Å²) < 4.78 is 0. The van der Waals surface area contributed by atoms with E-state index in [0.29, 0.717) is 0 Å². The first-order chi connectivity index (χ1) is 16.0. The van der Waals surface area contributed by atoms with E-state index in [4.69, 9.17) is 0 Å². The van der Waals surface area contributed by atoms with Crippen LogP contribution < -0.4 is 10.2 Å². The Morgan fingerprint density at radius 2 is 1.39 bits per heavy atom. The molecule has 0 amide bonds. The summed E-state index contributed by atoms with van der Waals surface area (Å²) in [6.07, 6.45) is 4.22. The van der Waals surface area contributed by atoms with E-state index >= 15 is 0 Å². The third-order valence-corrected chi connectivity index (χ3v) is 5.84. The molecule has 0 bridgehead atoms. The summed E-state index contributed by atoms with van der Waals surface area (Å²) in [5.74, 6) is 0. The van der Waals surface area contributed by atoms with Crippen LogP contribution in [0.1, 0.15) is 46.8 Å². The number of halogens is 1. The van der Waals surface area contributed by atoms with Crippen molar-refractivity contribution < 1.29 is 20.0 Å². The van der Waals surface area contributed by atoms with Gasteiger partial charge in [0, 0.05) is 30.7 Å². The van der Waals surface area contributed by atoms with E-state index < -0.39 is 0 Å². The Balaban J connectivity index is 0.00000149. The van der Waals surface area contributed by atoms with Gasteiger partial charge in [0.1, 0.15) is 0 Å². The number of rotatable bonds is 7. The van der Waals surface area contributed by atoms with Gasteiger partial charge in [-0.3, -0.25) is 0 Å². The van der Waals surface area contributed by atoms with Gasteiger partial charge in [-0.2, -0.15) is 0 Å². The van der Waals surface area contributed by atoms with Gasteiger partial charge in [0.15, 0.2) is 0 Å². The van der Waals surface area contributed by atoms with Crippen LogP contribution in [0.4, 0.5) is 5.69 Å². The van der Waals surface area contributed by atoms with Crippen molar-refractivity contribution in [2.75, 3.05) is 11.4 Å². The van der Waals surface area contributed by atoms with E-state index in [1.54, 1.807) is 0 Å². The molecule has 2 atom stereocenters. The molecule has 2 radical (unpaired) electrons. The number of nitrogens with one attached hydrogen (secondary N) is 1. The standard InChI is InChI=1S/C28H31N3.Ag.ClH/c1-21-17-22(2)28(23(3)18-21)31-16-15-30(20-31)19-27(26-13-9-6-10-14-26)29-24(4)25-11-7-5-8-12-25;;/h5-18,24,27,29H,19H2,1-4H3;;1H/q;+1;/p-1/t24-,27+;;/m0../s1. The van der Waals surface area contributed by atoms with Crippen LogP contribution in [-0.4, -0.2) is 11.4 Å². The SMILES string of the molecule is Cc1cc(C)c(N2[C]N(C[C@@H](N[C@@H](C)c3ccccc3)c3ccccc3)C=C2)c(C)c1.[Cl][Ag]. The summed E-state index contributed by atoms with van der Waals surface area (Å²) in [6, 6.07) is 26.2. The van der Waals surface area contributed by atoms with Gasteiger partial charge in [-0.1, -0.05) is 78.4 Å². The van der Waals surface area contributed by atoms with Crippen LogP contribution in [0.5, 0.6) is 0 Å². The second-order valence-electron chi connectivity index (χ2n) is 8.43. The zero-order chi connectivity index (χ0) is 23.8. The molecule has 176 valence electrons. The summed E-state index contributed by atoms with van der Waals surface area (Å²) in [6.45, 7) is 13.1. The van der Waals surface area contributed by atoms with Crippen molar-refractivity contribution in [3.63, 3.8) is 0 Å². The Morgan fingerprint density at radius 1 is 0.848 bits per heavy atom. The fraction of sp³-hybridized carbons (Fsp3) is 0.250. The normalized spacial score (nSPS) is 14.6. The fourth-order valence-corrected chi connectivity index (χ4v) is 4.41. The molecule has 3 aromatic carbocycles. The Kier molecular flexibility index (Phi) is 9.66. The monoisotopic (exact) mass is 551 g/mol. The molecule has 4 rings (SSSR count). The van der Waals surface area contributed by atoms with Gasteiger partial charge in [-0.05, 0) is 49.9 Å². The Hall–Kier alpha value is -2.01. The summed E-state index contributed by atoms with van der Waals surface area (Å²) in [4.78, 5) is 4.27. The predicted molar refractivity (Wildman–Crippen MR) is 135 cm³/mol. The zero-order valence-electron chi connectivity index (χ0n) is 19.5. The molecule has 1 heterocycles. The van der Waals surface area contributed by atoms with Crippen molar-refractivity contribution in [2.45, 2.75) is 39.8 Å². The van der Waals surface area contributed by atoms with E-state index in [-0.39, 0.29) is 12.1 Å². The first kappa shape index (κ1) is 25.6. The number of nitrogens with zero attached hydrogens (tertiary/aromatic N) is 2. The van der Waals surface area contributed by atoms with Crippen LogP contribution in [0.25, 0.3) is 0 Å². The van der Waals surface area contributed by atoms with Crippen molar-refractivity contribution in [3.05, 3.63) is 120 Å². The Labute approximate surface area is 215 Å². The molecule has 1 aliphatic heterocycles. The van der Waals surface area contributed by atoms with Crippen molar-refractivity contribution in [1.29, 1.82) is 0 Å². The van der Waals surface area contributed by atoms with Crippen LogP contribution in [0, 0.1) is 27.4 Å². The summed E-state index contributed by atoms with van der Waals surface area (Å²) in [7, 11) is 4.45. The molecular formula is C28H31AgClN3. The number of aryl methyl sites for hydroxylation is 3. The molecule has 3 nitrogen and oxygen atoms in total. The Morgan fingerprint density at radius 3 is 1.97 bits per heavy atom. The molecule has 0 aromatic heterocycles. The Bertz CT molecular complexity index is 1020. The molecule has 0 fully saturated rings. The molecule has 0 unspecified atom stereocenters. The molecule has 0 saturated heterocycles. The number of anilines is 1. The second kappa shape index (κ2) is 12.5. The topological polar surface area (TPSA) is 18.5 Å². The summed E-state index contributed by atoms with van der Waals surface area (Å²) in [5, 5.41) is 3.83. The van der Waals surface area contributed by atoms with Crippen LogP contribution in [0.3, 0.4) is 0 Å². The van der Waals surface area contributed by atoms with Gasteiger partial charge >= 0.3 is 29.2 Å². The van der Waals surface area contributed by atoms with E-state index in [2.05, 4.69) is 164 Å². The maximum absolute atomic E-state index is 4.45. The zero-order valence-corrected chi connectivity index (χ0v) is 21.8. The van der Waals surface area contributed by atoms with E-state index in [1.165, 1.54) is 33.5 Å². The van der Waals surface area contributed by atoms with Crippen LogP contribution in [0.15, 0.2) is 85.2 Å². The van der Waals surface area contributed by atoms with Crippen LogP contribution in [0.2, 0.25) is 0 Å². The molecule has 33 heavy (non-hydrogen) atoms. The first-order valence-corrected chi connectivity index (χ1v) is 13.0. The van der Waals surface area contributed by atoms with Crippen LogP contribution >= 0.6 is 9.19 Å². The van der Waals surface area contributed by atoms with E-state index in [9.17, 15) is 0 Å². The average molecular weight is 553 g/mol. The third kappa shape index (κ3) is 6.75. The minimum atomic E-state index is 0.175. The van der Waals surface area contributed by atoms with Gasteiger partial charge in [-0.25, -0.2) is 0 Å². The molecule has 5 heteroatoms. The summed E-state index contributed by atoms with van der Waals surface area (Å²) >= 11 is 2.42. The quantitative estimate of drug-likeness (QED) is 0.319. The van der Waals surface area contributed by atoms with Crippen molar-refractivity contribution in [3.8, 4) is 0 Å². The molecule has 0 saturated carbocycles. The van der Waals surface area contributed by atoms with E-state index in [0.717, 1.165) is 6.54 Å². The molecule has 1 aliphatic rings. The van der Waals surface area contributed by atoms with Gasteiger partial charge in [0.05, 0.1) is 6.04 Å². The number of benzene rings is 3. The fourth-order valence-electron chi connectivity index (χ4n) is 4.41. The van der Waals surface area contributed by atoms with Gasteiger partial charge in [-0.15, -0.1) is 0 Å². The first-order valence-electron chi connectivity index (χ1n) is 11.1. The molecule has 1 N–H and O–H groups in total. The average Bonchev–Trinajstić information content (AvgIpc) is 3.28. The number of hydrogen-bond donors (Lipinski definition) is 1. The van der Waals surface area contributed by atoms with Gasteiger partial charge in [0.2, 0.25) is 6.67 Å². The van der Waals surface area contributed by atoms with Crippen molar-refractivity contribution in [2.24, 2.45) is 0 Å². The molecule has 0 spiro atoms. The van der Waals surface area contributed by atoms with E-state index in [1.807, 2.05) is 0 Å². The molecule has 3 aromatic rings. The van der Waals surface area contributed by atoms with Gasteiger partial charge < -0.3 is 15.1 Å². The van der Waals surface area contributed by atoms with Gasteiger partial charge in [0.25, 0.3) is 0 Å². The predicted octanol–water partition coefficient (Wildman–Crippen LogP) is 6.98. The third-order valence-electron chi connectivity index (χ3n) is 5.84. The number of hydrogen-bond acceptors (Lipinski definition) is 3. The van der Waals surface area contributed by atoms with Crippen molar-refractivity contribution >= 4 is 14.9 Å². The molecule has 0 aliphatic carbocycles. The van der Waals surface area contributed by atoms with Crippen molar-refractivity contribution in [1.82, 2.24) is 10.2 Å².